The highest BCUT2D eigenvalue weighted by atomic mass is 16.4. The van der Waals surface area contributed by atoms with Crippen LogP contribution in [0.25, 0.3) is 0 Å². The van der Waals surface area contributed by atoms with Gasteiger partial charge in [-0.3, -0.25) is 14.4 Å². The molecule has 3 amide bonds. The van der Waals surface area contributed by atoms with Crippen LogP contribution in [0.2, 0.25) is 0 Å². The maximum Gasteiger partial charge on any atom is 0.326 e. The first-order chi connectivity index (χ1) is 12.8. The highest BCUT2D eigenvalue weighted by Crippen LogP contribution is 2.07. The SMILES string of the molecule is CCC(C)C(NC(=O)CNC(=O)C(Cc1cnc[nH]1)NC(=O)CN)C(=O)O. The predicted molar refractivity (Wildman–Crippen MR) is 95.3 cm³/mol. The molecule has 1 aromatic heterocycles. The molecule has 0 aliphatic heterocycles. The van der Waals surface area contributed by atoms with Crippen LogP contribution < -0.4 is 21.7 Å². The smallest absolute Gasteiger partial charge is 0.326 e. The fourth-order valence-corrected chi connectivity index (χ4v) is 2.28. The van der Waals surface area contributed by atoms with Crippen LogP contribution in [-0.2, 0) is 25.6 Å². The summed E-state index contributed by atoms with van der Waals surface area (Å²) in [5.74, 6) is -3.17. The van der Waals surface area contributed by atoms with Gasteiger partial charge in [0.05, 0.1) is 19.4 Å². The molecule has 0 aliphatic rings. The van der Waals surface area contributed by atoms with Crippen molar-refractivity contribution >= 4 is 23.7 Å². The Balaban J connectivity index is 2.64. The number of carbonyl (C=O) groups excluding carboxylic acids is 3. The van der Waals surface area contributed by atoms with Crippen LogP contribution >= 0.6 is 0 Å². The van der Waals surface area contributed by atoms with Gasteiger partial charge < -0.3 is 31.8 Å². The van der Waals surface area contributed by atoms with Gasteiger partial charge in [-0.25, -0.2) is 9.78 Å². The zero-order valence-electron chi connectivity index (χ0n) is 15.3. The molecule has 11 heteroatoms. The highest BCUT2D eigenvalue weighted by molar-refractivity contribution is 5.92. The molecular formula is C16H26N6O5. The van der Waals surface area contributed by atoms with E-state index < -0.39 is 42.3 Å². The van der Waals surface area contributed by atoms with Crippen LogP contribution in [0.5, 0.6) is 0 Å². The van der Waals surface area contributed by atoms with E-state index in [-0.39, 0.29) is 18.9 Å². The summed E-state index contributed by atoms with van der Waals surface area (Å²) in [6.45, 7) is 2.81. The van der Waals surface area contributed by atoms with Gasteiger partial charge in [0.2, 0.25) is 17.7 Å². The summed E-state index contributed by atoms with van der Waals surface area (Å²) < 4.78 is 0. The second kappa shape index (κ2) is 10.9. The number of nitrogens with one attached hydrogen (secondary N) is 4. The van der Waals surface area contributed by atoms with Crippen LogP contribution in [0, 0.1) is 5.92 Å². The molecule has 1 heterocycles. The lowest BCUT2D eigenvalue weighted by Crippen LogP contribution is -2.53. The maximum absolute atomic E-state index is 12.3. The van der Waals surface area contributed by atoms with E-state index in [4.69, 9.17) is 5.73 Å². The molecule has 0 saturated carbocycles. The van der Waals surface area contributed by atoms with Gasteiger partial charge in [-0.15, -0.1) is 0 Å². The molecule has 0 radical (unpaired) electrons. The summed E-state index contributed by atoms with van der Waals surface area (Å²) in [5, 5.41) is 16.4. The van der Waals surface area contributed by atoms with E-state index in [1.165, 1.54) is 12.5 Å². The fourth-order valence-electron chi connectivity index (χ4n) is 2.28. The predicted octanol–water partition coefficient (Wildman–Crippen LogP) is -1.87. The Bertz CT molecular complexity index is 648. The molecule has 0 fully saturated rings. The lowest BCUT2D eigenvalue weighted by atomic mass is 9.99. The number of nitrogens with zero attached hydrogens (tertiary/aromatic N) is 1. The fraction of sp³-hybridized carbons (Fsp3) is 0.562. The van der Waals surface area contributed by atoms with E-state index in [2.05, 4.69) is 25.9 Å². The van der Waals surface area contributed by atoms with Crippen molar-refractivity contribution in [3.8, 4) is 0 Å². The lowest BCUT2D eigenvalue weighted by molar-refractivity contribution is -0.143. The number of hydrogen-bond donors (Lipinski definition) is 6. The van der Waals surface area contributed by atoms with E-state index >= 15 is 0 Å². The minimum Gasteiger partial charge on any atom is -0.480 e. The first-order valence-corrected chi connectivity index (χ1v) is 8.55. The van der Waals surface area contributed by atoms with Crippen molar-refractivity contribution in [2.24, 2.45) is 11.7 Å². The minimum absolute atomic E-state index is 0.129. The first-order valence-electron chi connectivity index (χ1n) is 8.55. The Morgan fingerprint density at radius 3 is 2.48 bits per heavy atom. The average Bonchev–Trinajstić information content (AvgIpc) is 3.15. The third-order valence-electron chi connectivity index (χ3n) is 4.03. The largest absolute Gasteiger partial charge is 0.480 e. The second-order valence-electron chi connectivity index (χ2n) is 6.09. The van der Waals surface area contributed by atoms with Crippen molar-refractivity contribution in [2.45, 2.75) is 38.8 Å². The summed E-state index contributed by atoms with van der Waals surface area (Å²) in [6, 6.07) is -2.00. The molecular weight excluding hydrogens is 356 g/mol. The molecule has 0 spiro atoms. The summed E-state index contributed by atoms with van der Waals surface area (Å²) >= 11 is 0. The van der Waals surface area contributed by atoms with Crippen LogP contribution in [0.1, 0.15) is 26.0 Å². The van der Waals surface area contributed by atoms with Gasteiger partial charge in [0.1, 0.15) is 12.1 Å². The Labute approximate surface area is 156 Å². The van der Waals surface area contributed by atoms with E-state index in [0.29, 0.717) is 12.1 Å². The van der Waals surface area contributed by atoms with Gasteiger partial charge in [0.15, 0.2) is 0 Å². The van der Waals surface area contributed by atoms with Crippen LogP contribution in [0.3, 0.4) is 0 Å². The van der Waals surface area contributed by atoms with Gasteiger partial charge in [-0.2, -0.15) is 0 Å². The van der Waals surface area contributed by atoms with Crippen molar-refractivity contribution in [1.82, 2.24) is 25.9 Å². The number of H-pyrrole nitrogens is 1. The summed E-state index contributed by atoms with van der Waals surface area (Å²) in [7, 11) is 0. The number of carboxylic acids is 1. The van der Waals surface area contributed by atoms with Crippen molar-refractivity contribution < 1.29 is 24.3 Å². The van der Waals surface area contributed by atoms with Crippen molar-refractivity contribution in [3.63, 3.8) is 0 Å². The quantitative estimate of drug-likeness (QED) is 0.259. The molecule has 7 N–H and O–H groups in total. The van der Waals surface area contributed by atoms with E-state index in [1.807, 2.05) is 6.92 Å². The molecule has 1 aromatic rings. The van der Waals surface area contributed by atoms with Gasteiger partial charge in [0.25, 0.3) is 0 Å². The van der Waals surface area contributed by atoms with Crippen LogP contribution in [0.4, 0.5) is 0 Å². The zero-order valence-corrected chi connectivity index (χ0v) is 15.3. The number of nitrogens with two attached hydrogens (primary N) is 1. The lowest BCUT2D eigenvalue weighted by Gasteiger charge is -2.21. The van der Waals surface area contributed by atoms with Gasteiger partial charge in [-0.05, 0) is 5.92 Å². The summed E-state index contributed by atoms with van der Waals surface area (Å²) in [6.07, 6.45) is 3.64. The molecule has 27 heavy (non-hydrogen) atoms. The number of amides is 3. The number of hydrogen-bond acceptors (Lipinski definition) is 6. The third-order valence-corrected chi connectivity index (χ3v) is 4.03. The van der Waals surface area contributed by atoms with E-state index in [0.717, 1.165) is 0 Å². The third kappa shape index (κ3) is 7.44. The Morgan fingerprint density at radius 2 is 1.96 bits per heavy atom. The molecule has 0 bridgehead atoms. The number of rotatable bonds is 11. The summed E-state index contributed by atoms with van der Waals surface area (Å²) in [5.41, 5.74) is 5.87. The first kappa shape index (κ1) is 22.1. The maximum atomic E-state index is 12.3. The monoisotopic (exact) mass is 382 g/mol. The molecule has 3 unspecified atom stereocenters. The zero-order chi connectivity index (χ0) is 20.4. The standard InChI is InChI=1S/C16H26N6O5/c1-3-9(2)14(16(26)27)22-13(24)7-19-15(25)11(21-12(23)5-17)4-10-6-18-8-20-10/h6,8-9,11,14H,3-5,7,17H2,1-2H3,(H,18,20)(H,19,25)(H,21,23)(H,22,24)(H,26,27). The number of imidazole rings is 1. The molecule has 0 saturated heterocycles. The van der Waals surface area contributed by atoms with Crippen LogP contribution in [0.15, 0.2) is 12.5 Å². The van der Waals surface area contributed by atoms with Crippen molar-refractivity contribution in [2.75, 3.05) is 13.1 Å². The average molecular weight is 382 g/mol. The molecule has 11 nitrogen and oxygen atoms in total. The number of aromatic amines is 1. The van der Waals surface area contributed by atoms with Crippen molar-refractivity contribution in [3.05, 3.63) is 18.2 Å². The van der Waals surface area contributed by atoms with Gasteiger partial charge >= 0.3 is 5.97 Å². The van der Waals surface area contributed by atoms with Crippen LogP contribution in [-0.4, -0.2) is 63.9 Å². The normalized spacial score (nSPS) is 13.9. The van der Waals surface area contributed by atoms with E-state index in [1.54, 1.807) is 6.92 Å². The Kier molecular flexibility index (Phi) is 8.93. The number of aromatic nitrogens is 2. The molecule has 1 rings (SSSR count). The molecule has 0 aromatic carbocycles. The number of carboxylic acid groups (broad SMARTS) is 1. The molecule has 0 aliphatic carbocycles. The van der Waals surface area contributed by atoms with Gasteiger partial charge in [0, 0.05) is 18.3 Å². The van der Waals surface area contributed by atoms with E-state index in [9.17, 15) is 24.3 Å². The van der Waals surface area contributed by atoms with Gasteiger partial charge in [-0.1, -0.05) is 20.3 Å². The number of carbonyl (C=O) groups is 4. The minimum atomic E-state index is -1.14. The highest BCUT2D eigenvalue weighted by Gasteiger charge is 2.26. The Morgan fingerprint density at radius 1 is 1.26 bits per heavy atom. The molecule has 150 valence electrons. The topological polar surface area (TPSA) is 179 Å². The Hall–Kier alpha value is -2.95. The molecule has 3 atom stereocenters. The summed E-state index contributed by atoms with van der Waals surface area (Å²) in [4.78, 5) is 53.8. The van der Waals surface area contributed by atoms with Crippen molar-refractivity contribution in [1.29, 1.82) is 0 Å². The second-order valence-corrected chi connectivity index (χ2v) is 6.09. The number of aliphatic carboxylic acids is 1.